The van der Waals surface area contributed by atoms with Crippen LogP contribution in [-0.4, -0.2) is 30.1 Å². The van der Waals surface area contributed by atoms with E-state index >= 15 is 0 Å². The fourth-order valence-electron chi connectivity index (χ4n) is 2.06. The van der Waals surface area contributed by atoms with Gasteiger partial charge in [-0.05, 0) is 13.8 Å². The molecule has 1 heterocycles. The lowest BCUT2D eigenvalue weighted by molar-refractivity contribution is -0.168. The van der Waals surface area contributed by atoms with Crippen molar-refractivity contribution in [3.63, 3.8) is 0 Å². The summed E-state index contributed by atoms with van der Waals surface area (Å²) in [5.41, 5.74) is 0. The number of carbonyl (C=O) groups is 1. The molecule has 2 rings (SSSR count). The highest BCUT2D eigenvalue weighted by Gasteiger charge is 2.46. The van der Waals surface area contributed by atoms with E-state index in [2.05, 4.69) is 0 Å². The van der Waals surface area contributed by atoms with Gasteiger partial charge in [0.1, 0.15) is 18.3 Å². The molecule has 15 heavy (non-hydrogen) atoms. The van der Waals surface area contributed by atoms with Gasteiger partial charge in [0.05, 0.1) is 0 Å². The lowest BCUT2D eigenvalue weighted by Gasteiger charge is -2.26. The van der Waals surface area contributed by atoms with E-state index in [1.165, 1.54) is 6.92 Å². The third-order valence-electron chi connectivity index (χ3n) is 2.54. The summed E-state index contributed by atoms with van der Waals surface area (Å²) in [6, 6.07) is 0. The molecule has 84 valence electrons. The normalized spacial score (nSPS) is 37.4. The summed E-state index contributed by atoms with van der Waals surface area (Å²) in [7, 11) is 0. The molecular weight excluding hydrogens is 196 g/mol. The van der Waals surface area contributed by atoms with Gasteiger partial charge in [-0.25, -0.2) is 0 Å². The first kappa shape index (κ1) is 10.6. The quantitative estimate of drug-likeness (QED) is 0.487. The fourth-order valence-corrected chi connectivity index (χ4v) is 2.06. The summed E-state index contributed by atoms with van der Waals surface area (Å²) < 4.78 is 16.6. The maximum Gasteiger partial charge on any atom is 0.303 e. The average molecular weight is 212 g/mol. The van der Waals surface area contributed by atoms with E-state index in [1.54, 1.807) is 0 Å². The Balaban J connectivity index is 2.10. The summed E-state index contributed by atoms with van der Waals surface area (Å²) in [5.74, 6) is -0.870. The van der Waals surface area contributed by atoms with E-state index < -0.39 is 5.79 Å². The Labute approximate surface area is 89.2 Å². The summed E-state index contributed by atoms with van der Waals surface area (Å²) in [6.45, 7) is 5.14. The molecule has 4 heteroatoms. The molecule has 0 aromatic heterocycles. The van der Waals surface area contributed by atoms with Crippen LogP contribution in [0.4, 0.5) is 0 Å². The molecule has 0 N–H and O–H groups in total. The fraction of sp³-hybridized carbons (Fsp3) is 0.727. The summed E-state index contributed by atoms with van der Waals surface area (Å²) in [4.78, 5) is 10.9. The molecule has 0 bridgehead atoms. The smallest absolute Gasteiger partial charge is 0.303 e. The zero-order valence-corrected chi connectivity index (χ0v) is 9.23. The highest BCUT2D eigenvalue weighted by Crippen LogP contribution is 2.34. The highest BCUT2D eigenvalue weighted by molar-refractivity contribution is 5.66. The monoisotopic (exact) mass is 212 g/mol. The first-order valence-corrected chi connectivity index (χ1v) is 5.17. The summed E-state index contributed by atoms with van der Waals surface area (Å²) >= 11 is 0. The van der Waals surface area contributed by atoms with Crippen LogP contribution in [0.2, 0.25) is 0 Å². The second kappa shape index (κ2) is 3.61. The predicted octanol–water partition coefficient (Wildman–Crippen LogP) is 1.40. The molecule has 3 atom stereocenters. The van der Waals surface area contributed by atoms with Gasteiger partial charge in [0, 0.05) is 13.3 Å². The van der Waals surface area contributed by atoms with Crippen molar-refractivity contribution in [2.45, 2.75) is 51.3 Å². The number of rotatable bonds is 1. The highest BCUT2D eigenvalue weighted by atomic mass is 16.8. The van der Waals surface area contributed by atoms with E-state index in [4.69, 9.17) is 14.2 Å². The van der Waals surface area contributed by atoms with Gasteiger partial charge >= 0.3 is 5.97 Å². The molecule has 2 aliphatic rings. The SMILES string of the molecule is CC(=O)O[C@@H]1CC=C[C@@H]2OC(C)(C)O[C@@H]21. The van der Waals surface area contributed by atoms with Crippen LogP contribution in [0.5, 0.6) is 0 Å². The topological polar surface area (TPSA) is 44.8 Å². The number of esters is 1. The van der Waals surface area contributed by atoms with Gasteiger partial charge in [0.15, 0.2) is 5.79 Å². The van der Waals surface area contributed by atoms with Crippen molar-refractivity contribution < 1.29 is 19.0 Å². The zero-order valence-electron chi connectivity index (χ0n) is 9.23. The number of ether oxygens (including phenoxy) is 3. The van der Waals surface area contributed by atoms with Crippen molar-refractivity contribution in [2.24, 2.45) is 0 Å². The molecule has 0 saturated carbocycles. The van der Waals surface area contributed by atoms with Crippen molar-refractivity contribution in [3.8, 4) is 0 Å². The van der Waals surface area contributed by atoms with Crippen molar-refractivity contribution >= 4 is 5.97 Å². The molecule has 1 aliphatic heterocycles. The number of fused-ring (bicyclic) bond motifs is 1. The first-order chi connectivity index (χ1) is 6.98. The van der Waals surface area contributed by atoms with Crippen LogP contribution in [0, 0.1) is 0 Å². The van der Waals surface area contributed by atoms with Crippen LogP contribution in [0.3, 0.4) is 0 Å². The lowest BCUT2D eigenvalue weighted by atomic mass is 9.99. The largest absolute Gasteiger partial charge is 0.459 e. The van der Waals surface area contributed by atoms with Crippen molar-refractivity contribution in [2.75, 3.05) is 0 Å². The maximum atomic E-state index is 10.9. The first-order valence-electron chi connectivity index (χ1n) is 5.17. The molecule has 4 nitrogen and oxygen atoms in total. The van der Waals surface area contributed by atoms with Gasteiger partial charge in [-0.15, -0.1) is 0 Å². The number of hydrogen-bond donors (Lipinski definition) is 0. The predicted molar refractivity (Wildman–Crippen MR) is 53.1 cm³/mol. The van der Waals surface area contributed by atoms with E-state index in [-0.39, 0.29) is 24.3 Å². The molecule has 1 aliphatic carbocycles. The Morgan fingerprint density at radius 1 is 1.47 bits per heavy atom. The third-order valence-corrected chi connectivity index (χ3v) is 2.54. The zero-order chi connectivity index (χ0) is 11.1. The van der Waals surface area contributed by atoms with Crippen LogP contribution in [0.25, 0.3) is 0 Å². The minimum absolute atomic E-state index is 0.0990. The molecule has 0 radical (unpaired) electrons. The average Bonchev–Trinajstić information content (AvgIpc) is 2.39. The third kappa shape index (κ3) is 2.21. The second-order valence-electron chi connectivity index (χ2n) is 4.38. The molecule has 1 saturated heterocycles. The summed E-state index contributed by atoms with van der Waals surface area (Å²) in [5, 5.41) is 0. The van der Waals surface area contributed by atoms with Crippen molar-refractivity contribution in [3.05, 3.63) is 12.2 Å². The molecular formula is C11H16O4. The number of hydrogen-bond acceptors (Lipinski definition) is 4. The Morgan fingerprint density at radius 2 is 2.20 bits per heavy atom. The molecule has 0 spiro atoms. The van der Waals surface area contributed by atoms with Gasteiger partial charge in [-0.3, -0.25) is 4.79 Å². The van der Waals surface area contributed by atoms with Crippen LogP contribution < -0.4 is 0 Å². The van der Waals surface area contributed by atoms with Gasteiger partial charge in [-0.2, -0.15) is 0 Å². The van der Waals surface area contributed by atoms with E-state index in [0.29, 0.717) is 6.42 Å². The minimum atomic E-state index is -0.595. The van der Waals surface area contributed by atoms with Crippen LogP contribution in [0.1, 0.15) is 27.2 Å². The Bertz CT molecular complexity index is 295. The Kier molecular flexibility index (Phi) is 2.56. The van der Waals surface area contributed by atoms with Gasteiger partial charge in [-0.1, -0.05) is 12.2 Å². The van der Waals surface area contributed by atoms with Crippen molar-refractivity contribution in [1.29, 1.82) is 0 Å². The van der Waals surface area contributed by atoms with E-state index in [9.17, 15) is 4.79 Å². The van der Waals surface area contributed by atoms with E-state index in [0.717, 1.165) is 0 Å². The summed E-state index contributed by atoms with van der Waals surface area (Å²) in [6.07, 6.45) is 4.14. The molecule has 0 aromatic rings. The molecule has 0 aromatic carbocycles. The van der Waals surface area contributed by atoms with Crippen LogP contribution in [0.15, 0.2) is 12.2 Å². The van der Waals surface area contributed by atoms with Crippen molar-refractivity contribution in [1.82, 2.24) is 0 Å². The van der Waals surface area contributed by atoms with E-state index in [1.807, 2.05) is 26.0 Å². The standard InChI is InChI=1S/C11H16O4/c1-7(12)13-8-5-4-6-9-10(8)15-11(2,3)14-9/h4,6,8-10H,5H2,1-3H3/t8-,9+,10-/m1/s1. The van der Waals surface area contributed by atoms with Gasteiger partial charge in [0.2, 0.25) is 0 Å². The molecule has 1 fully saturated rings. The molecule has 0 amide bonds. The second-order valence-corrected chi connectivity index (χ2v) is 4.38. The lowest BCUT2D eigenvalue weighted by Crippen LogP contribution is -2.39. The van der Waals surface area contributed by atoms with Gasteiger partial charge in [0.25, 0.3) is 0 Å². The Morgan fingerprint density at radius 3 is 2.87 bits per heavy atom. The molecule has 0 unspecified atom stereocenters. The van der Waals surface area contributed by atoms with Crippen LogP contribution in [-0.2, 0) is 19.0 Å². The Hall–Kier alpha value is -0.870. The maximum absolute atomic E-state index is 10.9. The van der Waals surface area contributed by atoms with Crippen LogP contribution >= 0.6 is 0 Å². The van der Waals surface area contributed by atoms with Gasteiger partial charge < -0.3 is 14.2 Å². The minimum Gasteiger partial charge on any atom is -0.459 e. The number of carbonyl (C=O) groups excluding carboxylic acids is 1.